The summed E-state index contributed by atoms with van der Waals surface area (Å²) in [6.45, 7) is 10.6. The van der Waals surface area contributed by atoms with Crippen molar-refractivity contribution in [2.45, 2.75) is 65.0 Å². The van der Waals surface area contributed by atoms with Gasteiger partial charge in [-0.05, 0) is 45.8 Å². The highest BCUT2D eigenvalue weighted by Crippen LogP contribution is 2.16. The molecule has 1 heterocycles. The van der Waals surface area contributed by atoms with Gasteiger partial charge >= 0.3 is 0 Å². The van der Waals surface area contributed by atoms with Crippen LogP contribution in [0.5, 0.6) is 0 Å². The first-order valence-electron chi connectivity index (χ1n) is 6.75. The van der Waals surface area contributed by atoms with E-state index in [1.807, 2.05) is 0 Å². The van der Waals surface area contributed by atoms with E-state index in [-0.39, 0.29) is 0 Å². The lowest BCUT2D eigenvalue weighted by atomic mass is 9.98. The third kappa shape index (κ3) is 4.52. The van der Waals surface area contributed by atoms with Crippen molar-refractivity contribution >= 4 is 0 Å². The molecule has 0 amide bonds. The largest absolute Gasteiger partial charge is 0.314 e. The number of rotatable bonds is 6. The van der Waals surface area contributed by atoms with Crippen LogP contribution in [0.1, 0.15) is 52.9 Å². The summed E-state index contributed by atoms with van der Waals surface area (Å²) < 4.78 is 0. The van der Waals surface area contributed by atoms with Crippen molar-refractivity contribution in [2.24, 2.45) is 0 Å². The van der Waals surface area contributed by atoms with Crippen LogP contribution in [0.3, 0.4) is 0 Å². The average molecular weight is 212 g/mol. The summed E-state index contributed by atoms with van der Waals surface area (Å²) in [6.07, 6.45) is 6.71. The van der Waals surface area contributed by atoms with Gasteiger partial charge in [-0.15, -0.1) is 0 Å². The lowest BCUT2D eigenvalue weighted by Crippen LogP contribution is -2.47. The summed E-state index contributed by atoms with van der Waals surface area (Å²) >= 11 is 0. The minimum absolute atomic E-state index is 0.771. The van der Waals surface area contributed by atoms with Crippen LogP contribution in [0.25, 0.3) is 0 Å². The molecule has 15 heavy (non-hydrogen) atoms. The van der Waals surface area contributed by atoms with Gasteiger partial charge in [-0.25, -0.2) is 0 Å². The summed E-state index contributed by atoms with van der Waals surface area (Å²) in [6, 6.07) is 1.55. The molecule has 0 bridgehead atoms. The highest BCUT2D eigenvalue weighted by molar-refractivity contribution is 4.82. The van der Waals surface area contributed by atoms with E-state index < -0.39 is 0 Å². The minimum Gasteiger partial charge on any atom is -0.314 e. The maximum Gasteiger partial charge on any atom is 0.00940 e. The fourth-order valence-corrected chi connectivity index (χ4v) is 2.56. The van der Waals surface area contributed by atoms with E-state index in [1.54, 1.807) is 0 Å². The first-order chi connectivity index (χ1) is 7.27. The van der Waals surface area contributed by atoms with Gasteiger partial charge in [0.05, 0.1) is 0 Å². The molecule has 1 aliphatic heterocycles. The highest BCUT2D eigenvalue weighted by atomic mass is 15.2. The van der Waals surface area contributed by atoms with Crippen LogP contribution in [0.15, 0.2) is 0 Å². The summed E-state index contributed by atoms with van der Waals surface area (Å²) in [5, 5.41) is 3.70. The Morgan fingerprint density at radius 3 is 2.67 bits per heavy atom. The molecule has 1 rings (SSSR count). The van der Waals surface area contributed by atoms with Crippen molar-refractivity contribution < 1.29 is 0 Å². The first-order valence-corrected chi connectivity index (χ1v) is 6.75. The van der Waals surface area contributed by atoms with Crippen LogP contribution in [0, 0.1) is 0 Å². The Hall–Kier alpha value is -0.0800. The maximum absolute atomic E-state index is 3.70. The number of nitrogens with zero attached hydrogens (tertiary/aromatic N) is 1. The predicted molar refractivity (Wildman–Crippen MR) is 67.3 cm³/mol. The standard InChI is InChI=1S/C13H28N2/c1-4-6-7-9-14-13-8-10-15(5-2)12(3)11-13/h12-14H,4-11H2,1-3H3. The predicted octanol–water partition coefficient (Wildman–Crippen LogP) is 2.64. The molecule has 1 saturated heterocycles. The van der Waals surface area contributed by atoms with Gasteiger partial charge in [-0.2, -0.15) is 0 Å². The van der Waals surface area contributed by atoms with Crippen molar-refractivity contribution in [2.75, 3.05) is 19.6 Å². The Morgan fingerprint density at radius 1 is 1.27 bits per heavy atom. The van der Waals surface area contributed by atoms with E-state index in [9.17, 15) is 0 Å². The minimum atomic E-state index is 0.771. The summed E-state index contributed by atoms with van der Waals surface area (Å²) in [7, 11) is 0. The van der Waals surface area contributed by atoms with E-state index in [4.69, 9.17) is 0 Å². The number of hydrogen-bond donors (Lipinski definition) is 1. The quantitative estimate of drug-likeness (QED) is 0.681. The molecule has 2 heteroatoms. The van der Waals surface area contributed by atoms with Gasteiger partial charge in [-0.1, -0.05) is 26.7 Å². The van der Waals surface area contributed by atoms with Gasteiger partial charge in [0.2, 0.25) is 0 Å². The van der Waals surface area contributed by atoms with Crippen LogP contribution in [-0.4, -0.2) is 36.6 Å². The van der Waals surface area contributed by atoms with Gasteiger partial charge < -0.3 is 10.2 Å². The fraction of sp³-hybridized carbons (Fsp3) is 1.00. The molecule has 2 atom stereocenters. The molecule has 1 fully saturated rings. The Balaban J connectivity index is 2.11. The number of hydrogen-bond acceptors (Lipinski definition) is 2. The van der Waals surface area contributed by atoms with E-state index >= 15 is 0 Å². The van der Waals surface area contributed by atoms with Crippen LogP contribution in [0.4, 0.5) is 0 Å². The molecule has 0 saturated carbocycles. The third-order valence-corrected chi connectivity index (χ3v) is 3.63. The Morgan fingerprint density at radius 2 is 2.07 bits per heavy atom. The average Bonchev–Trinajstić information content (AvgIpc) is 2.25. The number of nitrogens with one attached hydrogen (secondary N) is 1. The molecule has 90 valence electrons. The molecule has 0 aliphatic carbocycles. The van der Waals surface area contributed by atoms with E-state index in [0.29, 0.717) is 0 Å². The zero-order chi connectivity index (χ0) is 11.1. The fourth-order valence-electron chi connectivity index (χ4n) is 2.56. The molecule has 2 unspecified atom stereocenters. The first kappa shape index (κ1) is 13.0. The number of likely N-dealkylation sites (tertiary alicyclic amines) is 1. The Bertz CT molecular complexity index is 159. The van der Waals surface area contributed by atoms with Crippen molar-refractivity contribution in [3.05, 3.63) is 0 Å². The maximum atomic E-state index is 3.70. The smallest absolute Gasteiger partial charge is 0.00940 e. The molecule has 2 nitrogen and oxygen atoms in total. The molecular formula is C13H28N2. The molecule has 0 aromatic rings. The SMILES string of the molecule is CCCCCNC1CCN(CC)C(C)C1. The molecule has 0 aromatic heterocycles. The zero-order valence-electron chi connectivity index (χ0n) is 10.8. The highest BCUT2D eigenvalue weighted by Gasteiger charge is 2.23. The normalized spacial score (nSPS) is 28.2. The van der Waals surface area contributed by atoms with Gasteiger partial charge in [0.1, 0.15) is 0 Å². The van der Waals surface area contributed by atoms with Crippen LogP contribution >= 0.6 is 0 Å². The lowest BCUT2D eigenvalue weighted by molar-refractivity contribution is 0.143. The summed E-state index contributed by atoms with van der Waals surface area (Å²) in [5.41, 5.74) is 0. The Kier molecular flexibility index (Phi) is 6.26. The van der Waals surface area contributed by atoms with Gasteiger partial charge in [0, 0.05) is 12.1 Å². The van der Waals surface area contributed by atoms with Crippen LogP contribution < -0.4 is 5.32 Å². The number of piperidine rings is 1. The number of unbranched alkanes of at least 4 members (excludes halogenated alkanes) is 2. The van der Waals surface area contributed by atoms with Gasteiger partial charge in [0.15, 0.2) is 0 Å². The van der Waals surface area contributed by atoms with E-state index in [2.05, 4.69) is 31.0 Å². The van der Waals surface area contributed by atoms with Gasteiger partial charge in [-0.3, -0.25) is 0 Å². The van der Waals surface area contributed by atoms with Crippen molar-refractivity contribution in [1.82, 2.24) is 10.2 Å². The van der Waals surface area contributed by atoms with Crippen molar-refractivity contribution in [3.63, 3.8) is 0 Å². The van der Waals surface area contributed by atoms with E-state index in [1.165, 1.54) is 51.7 Å². The van der Waals surface area contributed by atoms with Crippen molar-refractivity contribution in [1.29, 1.82) is 0 Å². The second-order valence-electron chi connectivity index (χ2n) is 4.86. The van der Waals surface area contributed by atoms with Crippen molar-refractivity contribution in [3.8, 4) is 0 Å². The molecule has 0 radical (unpaired) electrons. The topological polar surface area (TPSA) is 15.3 Å². The van der Waals surface area contributed by atoms with Gasteiger partial charge in [0.25, 0.3) is 0 Å². The summed E-state index contributed by atoms with van der Waals surface area (Å²) in [4.78, 5) is 2.59. The lowest BCUT2D eigenvalue weighted by Gasteiger charge is -2.37. The Labute approximate surface area is 95.4 Å². The zero-order valence-corrected chi connectivity index (χ0v) is 10.8. The van der Waals surface area contributed by atoms with E-state index in [0.717, 1.165) is 12.1 Å². The second kappa shape index (κ2) is 7.24. The van der Waals surface area contributed by atoms with Crippen LogP contribution in [0.2, 0.25) is 0 Å². The summed E-state index contributed by atoms with van der Waals surface area (Å²) in [5.74, 6) is 0. The molecule has 1 N–H and O–H groups in total. The third-order valence-electron chi connectivity index (χ3n) is 3.63. The monoisotopic (exact) mass is 212 g/mol. The molecule has 0 spiro atoms. The molecule has 0 aromatic carbocycles. The van der Waals surface area contributed by atoms with Crippen LogP contribution in [-0.2, 0) is 0 Å². The molecule has 1 aliphatic rings. The second-order valence-corrected chi connectivity index (χ2v) is 4.86. The molecular weight excluding hydrogens is 184 g/mol.